The van der Waals surface area contributed by atoms with E-state index in [9.17, 15) is 55.4 Å². The molecule has 276 valence electrons. The maximum atomic E-state index is 14.7. The number of alkyl halides is 6. The zero-order valence-electron chi connectivity index (χ0n) is 27.6. The molecule has 54 heavy (non-hydrogen) atoms. The molecule has 1 amide bonds. The first-order chi connectivity index (χ1) is 25.5. The van der Waals surface area contributed by atoms with Gasteiger partial charge in [-0.3, -0.25) is 23.9 Å². The van der Waals surface area contributed by atoms with Crippen LogP contribution in [-0.4, -0.2) is 81.6 Å². The minimum absolute atomic E-state index is 0.120. The highest BCUT2D eigenvalue weighted by molar-refractivity contribution is 6.35. The van der Waals surface area contributed by atoms with E-state index in [0.717, 1.165) is 14.2 Å². The van der Waals surface area contributed by atoms with Gasteiger partial charge in [0.05, 0.1) is 64.6 Å². The van der Waals surface area contributed by atoms with Crippen molar-refractivity contribution >= 4 is 51.5 Å². The van der Waals surface area contributed by atoms with Crippen molar-refractivity contribution in [3.63, 3.8) is 0 Å². The Morgan fingerprint density at radius 2 is 1.50 bits per heavy atom. The molecule has 0 spiro atoms. The van der Waals surface area contributed by atoms with Gasteiger partial charge >= 0.3 is 24.3 Å². The molecule has 0 radical (unpaired) electrons. The Hall–Kier alpha value is -6.46. The van der Waals surface area contributed by atoms with Gasteiger partial charge in [-0.15, -0.1) is 0 Å². The summed E-state index contributed by atoms with van der Waals surface area (Å²) in [5.41, 5.74) is -7.71. The monoisotopic (exact) mass is 752 g/mol. The average molecular weight is 753 g/mol. The second kappa shape index (κ2) is 11.5. The van der Waals surface area contributed by atoms with E-state index in [1.165, 1.54) is 18.2 Å². The summed E-state index contributed by atoms with van der Waals surface area (Å²) in [5, 5.41) is 12.8. The lowest BCUT2D eigenvalue weighted by Gasteiger charge is -2.33. The number of aromatic nitrogens is 2. The molecule has 18 heteroatoms. The fourth-order valence-electron chi connectivity index (χ4n) is 7.80. The fraction of sp³-hybridized carbons (Fsp3) is 0.222. The topological polar surface area (TPSA) is 160 Å². The van der Waals surface area contributed by atoms with E-state index in [2.05, 4.69) is 9.98 Å². The van der Waals surface area contributed by atoms with Gasteiger partial charge in [-0.25, -0.2) is 14.6 Å². The molecule has 0 saturated heterocycles. The van der Waals surface area contributed by atoms with Gasteiger partial charge in [0.2, 0.25) is 5.88 Å². The van der Waals surface area contributed by atoms with Crippen molar-refractivity contribution in [1.82, 2.24) is 14.5 Å². The Kier molecular flexibility index (Phi) is 7.38. The van der Waals surface area contributed by atoms with Crippen LogP contribution in [0.2, 0.25) is 0 Å². The van der Waals surface area contributed by atoms with Crippen LogP contribution in [0.25, 0.3) is 33.4 Å². The molecule has 0 bridgehead atoms. The third kappa shape index (κ3) is 4.64. The number of rotatable bonds is 5. The number of hydrogen-bond donors (Lipinski definition) is 2. The van der Waals surface area contributed by atoms with Crippen LogP contribution >= 0.6 is 0 Å². The first kappa shape index (κ1) is 34.6. The molecular formula is C36H22F6N4O8. The van der Waals surface area contributed by atoms with E-state index in [1.807, 2.05) is 0 Å². The van der Waals surface area contributed by atoms with E-state index in [1.54, 1.807) is 30.3 Å². The summed E-state index contributed by atoms with van der Waals surface area (Å²) in [4.78, 5) is 76.1. The highest BCUT2D eigenvalue weighted by Gasteiger charge is 2.58. The zero-order valence-corrected chi connectivity index (χ0v) is 27.6. The van der Waals surface area contributed by atoms with Crippen LogP contribution in [0.4, 0.5) is 26.3 Å². The van der Waals surface area contributed by atoms with Gasteiger partial charge in [0.25, 0.3) is 17.5 Å². The highest BCUT2D eigenvalue weighted by atomic mass is 19.4. The number of para-hydroxylation sites is 2. The second-order valence-corrected chi connectivity index (χ2v) is 12.7. The van der Waals surface area contributed by atoms with Crippen LogP contribution in [0.15, 0.2) is 70.5 Å². The lowest BCUT2D eigenvalue weighted by molar-refractivity contribution is -0.166. The molecule has 2 N–H and O–H groups in total. The predicted octanol–water partition coefficient (Wildman–Crippen LogP) is 3.73. The number of aromatic amines is 1. The molecule has 8 rings (SSSR count). The number of halogens is 6. The van der Waals surface area contributed by atoms with Crippen molar-refractivity contribution in [3.05, 3.63) is 92.8 Å². The second-order valence-electron chi connectivity index (χ2n) is 12.7. The predicted molar refractivity (Wildman–Crippen MR) is 171 cm³/mol. The van der Waals surface area contributed by atoms with Crippen LogP contribution in [0.5, 0.6) is 5.88 Å². The number of ketones is 2. The van der Waals surface area contributed by atoms with E-state index in [4.69, 9.17) is 9.47 Å². The normalized spacial score (nSPS) is 18.9. The number of ether oxygens (including phenoxy) is 2. The van der Waals surface area contributed by atoms with Crippen LogP contribution in [0.3, 0.4) is 0 Å². The average Bonchev–Trinajstić information content (AvgIpc) is 3.86. The Balaban J connectivity index is 1.56. The van der Waals surface area contributed by atoms with Crippen LogP contribution in [0.1, 0.15) is 33.9 Å². The molecule has 0 saturated carbocycles. The van der Waals surface area contributed by atoms with Gasteiger partial charge < -0.3 is 19.6 Å². The molecular weight excluding hydrogens is 730 g/mol. The third-order valence-corrected chi connectivity index (χ3v) is 9.95. The maximum Gasteiger partial charge on any atom is 0.454 e. The number of carbonyl (C=O) groups is 5. The Morgan fingerprint density at radius 1 is 0.870 bits per heavy atom. The van der Waals surface area contributed by atoms with Crippen LogP contribution < -0.4 is 10.6 Å². The van der Waals surface area contributed by atoms with E-state index < -0.39 is 99.8 Å². The number of allylic oxidation sites excluding steroid dienone is 2. The number of carbonyl (C=O) groups excluding carboxylic acids is 5. The van der Waals surface area contributed by atoms with E-state index >= 15 is 0 Å². The van der Waals surface area contributed by atoms with Crippen molar-refractivity contribution in [1.29, 1.82) is 0 Å². The number of aromatic hydroxyl groups is 1. The number of methoxy groups -OCH3 is 2. The van der Waals surface area contributed by atoms with Gasteiger partial charge in [0.15, 0.2) is 0 Å². The quantitative estimate of drug-likeness (QED) is 0.177. The number of nitrogens with one attached hydrogen (secondary N) is 1. The highest BCUT2D eigenvalue weighted by Crippen LogP contribution is 2.54. The number of nitrogens with zero attached hydrogens (tertiary/aromatic N) is 3. The lowest BCUT2D eigenvalue weighted by Crippen LogP contribution is -2.46. The molecule has 0 unspecified atom stereocenters. The summed E-state index contributed by atoms with van der Waals surface area (Å²) in [6.45, 7) is 0. The molecule has 4 aliphatic rings. The van der Waals surface area contributed by atoms with Gasteiger partial charge in [0.1, 0.15) is 12.1 Å². The van der Waals surface area contributed by atoms with Crippen molar-refractivity contribution < 1.29 is 64.9 Å². The number of Topliss-reactive ketones (excluding diaryl/α,β-unsaturated/α-hetero) is 2. The van der Waals surface area contributed by atoms with Crippen molar-refractivity contribution in [2.24, 2.45) is 4.99 Å². The number of fused-ring (bicyclic) bond motifs is 8. The SMILES string of the molecule is COC(=O)[C@@H]1CC2=c3ccccc3=NC2=C2C(C(=O)C(F)(F)F)=C(c3c(C(=O)C(F)(F)F)c4n(c3O)[C@H](C(=O)OC)Cc3c-4[nH]c4ccccc34)C(=O)N21. The zero-order chi connectivity index (χ0) is 38.8. The summed E-state index contributed by atoms with van der Waals surface area (Å²) < 4.78 is 98.3. The first-order valence-electron chi connectivity index (χ1n) is 16.0. The third-order valence-electron chi connectivity index (χ3n) is 9.95. The number of hydrogen-bond acceptors (Lipinski definition) is 9. The van der Waals surface area contributed by atoms with Gasteiger partial charge in [-0.05, 0) is 23.3 Å². The smallest absolute Gasteiger partial charge is 0.454 e. The number of amides is 1. The lowest BCUT2D eigenvalue weighted by atomic mass is 9.89. The Morgan fingerprint density at radius 3 is 2.17 bits per heavy atom. The summed E-state index contributed by atoms with van der Waals surface area (Å²) >= 11 is 0. The first-order valence-corrected chi connectivity index (χ1v) is 16.0. The van der Waals surface area contributed by atoms with Crippen molar-refractivity contribution in [3.8, 4) is 17.3 Å². The molecule has 2 atom stereocenters. The van der Waals surface area contributed by atoms with Gasteiger partial charge in [-0.1, -0.05) is 36.4 Å². The number of benzene rings is 2. The maximum absolute atomic E-state index is 14.7. The van der Waals surface area contributed by atoms with Crippen molar-refractivity contribution in [2.45, 2.75) is 37.3 Å². The molecule has 12 nitrogen and oxygen atoms in total. The minimum Gasteiger partial charge on any atom is -0.494 e. The molecule has 4 aliphatic heterocycles. The molecule has 0 aliphatic carbocycles. The summed E-state index contributed by atoms with van der Waals surface area (Å²) in [6.07, 6.45) is -12.4. The summed E-state index contributed by atoms with van der Waals surface area (Å²) in [7, 11) is 1.86. The summed E-state index contributed by atoms with van der Waals surface area (Å²) in [5.74, 6) is -10.9. The van der Waals surface area contributed by atoms with Crippen LogP contribution in [0, 0.1) is 0 Å². The minimum atomic E-state index is -5.81. The molecule has 0 fully saturated rings. The van der Waals surface area contributed by atoms with E-state index in [0.29, 0.717) is 25.6 Å². The standard InChI is InChI=1S/C36H22F6N4O8/c1-53-33(51)19-11-15-13-7-3-5-9-17(13)43-25(15)27-23(29(47)35(37,38)39)21(31(49)45(19)27)22-24(30(48)36(40,41)42)28-26-16(14-8-4-6-10-18(14)44-26)12-20(34(52)54-2)46(28)32(22)50/h3-10,19-20,43,49H,11-12H2,1-2H3/t19-,20-/m0/s1. The summed E-state index contributed by atoms with van der Waals surface area (Å²) in [6, 6.07) is 8.83. The van der Waals surface area contributed by atoms with Crippen LogP contribution in [-0.2, 0) is 35.1 Å². The number of H-pyrrole nitrogens is 1. The molecule has 2 aromatic heterocycles. The van der Waals surface area contributed by atoms with Gasteiger partial charge in [-0.2, -0.15) is 26.3 Å². The molecule has 2 aromatic carbocycles. The fourth-order valence-corrected chi connectivity index (χ4v) is 7.80. The molecule has 4 aromatic rings. The largest absolute Gasteiger partial charge is 0.494 e. The van der Waals surface area contributed by atoms with E-state index in [-0.39, 0.29) is 34.3 Å². The van der Waals surface area contributed by atoms with Crippen molar-refractivity contribution in [2.75, 3.05) is 14.2 Å². The Bertz CT molecular complexity index is 2650. The van der Waals surface area contributed by atoms with Gasteiger partial charge in [0, 0.05) is 29.0 Å². The Labute approximate surface area is 297 Å². The number of esters is 2. The molecule has 6 heterocycles.